The number of pyridine rings is 2. The molecule has 0 saturated carbocycles. The van der Waals surface area contributed by atoms with Crippen LogP contribution in [0.4, 0.5) is 5.69 Å². The van der Waals surface area contributed by atoms with Crippen LogP contribution in [0.15, 0.2) is 73.1 Å². The van der Waals surface area contributed by atoms with Crippen molar-refractivity contribution >= 4 is 33.7 Å². The summed E-state index contributed by atoms with van der Waals surface area (Å²) >= 11 is 0. The van der Waals surface area contributed by atoms with E-state index in [4.69, 9.17) is 4.98 Å². The Morgan fingerprint density at radius 3 is 2.71 bits per heavy atom. The number of H-pyrrole nitrogens is 2. The summed E-state index contributed by atoms with van der Waals surface area (Å²) < 4.78 is 0. The van der Waals surface area contributed by atoms with Crippen molar-refractivity contribution in [2.24, 2.45) is 0 Å². The van der Waals surface area contributed by atoms with Crippen LogP contribution in [-0.4, -0.2) is 36.0 Å². The van der Waals surface area contributed by atoms with Crippen LogP contribution in [0.2, 0.25) is 0 Å². The molecule has 38 heavy (non-hydrogen) atoms. The lowest BCUT2D eigenvalue weighted by molar-refractivity contribution is -0.116. The monoisotopic (exact) mass is 501 g/mol. The predicted molar refractivity (Wildman–Crippen MR) is 151 cm³/mol. The molecule has 1 amide bonds. The van der Waals surface area contributed by atoms with Crippen LogP contribution in [0.1, 0.15) is 32.3 Å². The number of aromatic amines is 2. The molecule has 3 N–H and O–H groups in total. The lowest BCUT2D eigenvalue weighted by Gasteiger charge is -2.10. The van der Waals surface area contributed by atoms with E-state index in [-0.39, 0.29) is 5.91 Å². The Kier molecular flexibility index (Phi) is 6.13. The quantitative estimate of drug-likeness (QED) is 0.230. The van der Waals surface area contributed by atoms with Crippen molar-refractivity contribution in [3.63, 3.8) is 0 Å². The second-order valence-electron chi connectivity index (χ2n) is 9.27. The van der Waals surface area contributed by atoms with Gasteiger partial charge in [-0.3, -0.25) is 14.9 Å². The van der Waals surface area contributed by atoms with Gasteiger partial charge in [0.1, 0.15) is 5.69 Å². The molecule has 0 spiro atoms. The number of imidazole rings is 1. The van der Waals surface area contributed by atoms with E-state index in [0.29, 0.717) is 17.9 Å². The molecule has 0 aliphatic carbocycles. The highest BCUT2D eigenvalue weighted by molar-refractivity contribution is 5.97. The molecule has 0 radical (unpaired) electrons. The number of amides is 1. The average Bonchev–Trinajstić information content (AvgIpc) is 3.57. The van der Waals surface area contributed by atoms with Gasteiger partial charge < -0.3 is 10.3 Å². The lowest BCUT2D eigenvalue weighted by atomic mass is 10.0. The van der Waals surface area contributed by atoms with Crippen LogP contribution in [-0.2, 0) is 11.2 Å². The third-order valence-corrected chi connectivity index (χ3v) is 6.60. The van der Waals surface area contributed by atoms with Gasteiger partial charge in [0.25, 0.3) is 0 Å². The maximum Gasteiger partial charge on any atom is 0.224 e. The average molecular weight is 502 g/mol. The molecule has 188 valence electrons. The largest absolute Gasteiger partial charge is 0.337 e. The third-order valence-electron chi connectivity index (χ3n) is 6.60. The van der Waals surface area contributed by atoms with Gasteiger partial charge in [0.2, 0.25) is 5.91 Å². The number of benzene rings is 2. The summed E-state index contributed by atoms with van der Waals surface area (Å²) in [6, 6.07) is 20.1. The van der Waals surface area contributed by atoms with Gasteiger partial charge >= 0.3 is 0 Å². The highest BCUT2D eigenvalue weighted by Crippen LogP contribution is 2.33. The van der Waals surface area contributed by atoms with Gasteiger partial charge in [-0.15, -0.1) is 0 Å². The fraction of sp³-hybridized carbons (Fsp3) is 0.167. The zero-order chi connectivity index (χ0) is 26.1. The molecule has 0 bridgehead atoms. The van der Waals surface area contributed by atoms with E-state index < -0.39 is 0 Å². The van der Waals surface area contributed by atoms with E-state index in [0.717, 1.165) is 68.6 Å². The Morgan fingerprint density at radius 2 is 1.89 bits per heavy atom. The SMILES string of the molecule is CCCC(=O)Nc1cc(CC)cc(-c2cnc3n[nH]c(-c4nc5c(-c6ccccn6)cccc5[nH]4)c3c2)c1. The second kappa shape index (κ2) is 9.89. The first kappa shape index (κ1) is 23.5. The van der Waals surface area contributed by atoms with E-state index in [2.05, 4.69) is 49.5 Å². The van der Waals surface area contributed by atoms with Crippen LogP contribution in [0.5, 0.6) is 0 Å². The maximum absolute atomic E-state index is 12.2. The zero-order valence-corrected chi connectivity index (χ0v) is 21.2. The minimum absolute atomic E-state index is 0.0207. The number of aromatic nitrogens is 6. The standard InChI is InChI=1S/C30H27N7O/c1-3-8-26(38)33-21-14-18(4-2)13-19(15-21)20-16-23-28(36-37-29(23)32-17-20)30-34-25-11-7-9-22(27(25)35-30)24-10-5-6-12-31-24/h5-7,9-17H,3-4,8H2,1-2H3,(H,33,38)(H,34,35)(H,32,36,37). The minimum Gasteiger partial charge on any atom is -0.337 e. The van der Waals surface area contributed by atoms with Gasteiger partial charge in [-0.05, 0) is 60.4 Å². The first-order valence-electron chi connectivity index (χ1n) is 12.8. The summed E-state index contributed by atoms with van der Waals surface area (Å²) in [6.45, 7) is 4.10. The minimum atomic E-state index is 0.0207. The van der Waals surface area contributed by atoms with E-state index in [1.54, 1.807) is 6.20 Å². The van der Waals surface area contributed by atoms with Crippen molar-refractivity contribution in [1.82, 2.24) is 30.1 Å². The second-order valence-corrected chi connectivity index (χ2v) is 9.27. The number of aryl methyl sites for hydroxylation is 1. The molecule has 0 aliphatic heterocycles. The van der Waals surface area contributed by atoms with Crippen LogP contribution in [0.3, 0.4) is 0 Å². The molecular weight excluding hydrogens is 474 g/mol. The third kappa shape index (κ3) is 4.41. The van der Waals surface area contributed by atoms with Crippen molar-refractivity contribution in [3.05, 3.63) is 78.6 Å². The summed E-state index contributed by atoms with van der Waals surface area (Å²) in [5.41, 5.74) is 8.82. The van der Waals surface area contributed by atoms with Crippen LogP contribution in [0.25, 0.3) is 56.0 Å². The van der Waals surface area contributed by atoms with Gasteiger partial charge in [-0.2, -0.15) is 5.10 Å². The number of para-hydroxylation sites is 1. The Bertz CT molecular complexity index is 1770. The van der Waals surface area contributed by atoms with Gasteiger partial charge in [0, 0.05) is 35.6 Å². The van der Waals surface area contributed by atoms with Crippen LogP contribution in [0, 0.1) is 0 Å². The van der Waals surface area contributed by atoms with Gasteiger partial charge in [-0.25, -0.2) is 9.97 Å². The highest BCUT2D eigenvalue weighted by Gasteiger charge is 2.17. The summed E-state index contributed by atoms with van der Waals surface area (Å²) in [7, 11) is 0. The van der Waals surface area contributed by atoms with Gasteiger partial charge in [-0.1, -0.05) is 38.1 Å². The first-order chi connectivity index (χ1) is 18.6. The number of hydrogen-bond acceptors (Lipinski definition) is 5. The van der Waals surface area contributed by atoms with E-state index in [1.807, 2.05) is 61.7 Å². The Hall–Kier alpha value is -4.85. The normalized spacial score (nSPS) is 11.3. The lowest BCUT2D eigenvalue weighted by Crippen LogP contribution is -2.10. The molecule has 2 aromatic carbocycles. The molecular formula is C30H27N7O. The highest BCUT2D eigenvalue weighted by atomic mass is 16.1. The number of carbonyl (C=O) groups is 1. The molecule has 6 aromatic rings. The van der Waals surface area contributed by atoms with Crippen LogP contribution >= 0.6 is 0 Å². The molecule has 0 atom stereocenters. The molecule has 0 unspecified atom stereocenters. The number of carbonyl (C=O) groups excluding carboxylic acids is 1. The number of fused-ring (bicyclic) bond motifs is 2. The van der Waals surface area contributed by atoms with Crippen molar-refractivity contribution < 1.29 is 4.79 Å². The summed E-state index contributed by atoms with van der Waals surface area (Å²) in [5.74, 6) is 0.701. The summed E-state index contributed by atoms with van der Waals surface area (Å²) in [5, 5.41) is 11.4. The summed E-state index contributed by atoms with van der Waals surface area (Å²) in [4.78, 5) is 29.7. The molecule has 0 saturated heterocycles. The fourth-order valence-corrected chi connectivity index (χ4v) is 4.70. The number of nitrogens with one attached hydrogen (secondary N) is 3. The fourth-order valence-electron chi connectivity index (χ4n) is 4.70. The number of nitrogens with zero attached hydrogens (tertiary/aromatic N) is 4. The zero-order valence-electron chi connectivity index (χ0n) is 21.2. The van der Waals surface area contributed by atoms with E-state index in [9.17, 15) is 4.79 Å². The van der Waals surface area contributed by atoms with E-state index in [1.165, 1.54) is 0 Å². The molecule has 4 heterocycles. The maximum atomic E-state index is 12.2. The van der Waals surface area contributed by atoms with Crippen LogP contribution < -0.4 is 5.32 Å². The van der Waals surface area contributed by atoms with Crippen molar-refractivity contribution in [1.29, 1.82) is 0 Å². The molecule has 6 rings (SSSR count). The Morgan fingerprint density at radius 1 is 0.974 bits per heavy atom. The number of hydrogen-bond donors (Lipinski definition) is 3. The van der Waals surface area contributed by atoms with Crippen molar-refractivity contribution in [3.8, 4) is 33.9 Å². The van der Waals surface area contributed by atoms with E-state index >= 15 is 0 Å². The Labute approximate surface area is 219 Å². The summed E-state index contributed by atoms with van der Waals surface area (Å²) in [6.07, 6.45) is 5.76. The topological polar surface area (TPSA) is 112 Å². The molecule has 8 nitrogen and oxygen atoms in total. The first-order valence-corrected chi connectivity index (χ1v) is 12.8. The van der Waals surface area contributed by atoms with Crippen molar-refractivity contribution in [2.45, 2.75) is 33.1 Å². The Balaban J connectivity index is 1.43. The number of anilines is 1. The predicted octanol–water partition coefficient (Wildman–Crippen LogP) is 6.53. The molecule has 0 fully saturated rings. The van der Waals surface area contributed by atoms with Gasteiger partial charge in [0.05, 0.1) is 22.1 Å². The van der Waals surface area contributed by atoms with Gasteiger partial charge in [0.15, 0.2) is 11.5 Å². The number of rotatable bonds is 7. The van der Waals surface area contributed by atoms with Crippen molar-refractivity contribution in [2.75, 3.05) is 5.32 Å². The molecule has 8 heteroatoms. The molecule has 0 aliphatic rings. The smallest absolute Gasteiger partial charge is 0.224 e. The molecule has 4 aromatic heterocycles.